The Morgan fingerprint density at radius 1 is 1.04 bits per heavy atom. The highest BCUT2D eigenvalue weighted by Gasteiger charge is 2.12. The van der Waals surface area contributed by atoms with E-state index in [1.165, 1.54) is 0 Å². The van der Waals surface area contributed by atoms with E-state index in [0.29, 0.717) is 23.6 Å². The molecule has 0 N–H and O–H groups in total. The van der Waals surface area contributed by atoms with Gasteiger partial charge in [0.2, 0.25) is 0 Å². The van der Waals surface area contributed by atoms with Gasteiger partial charge < -0.3 is 14.4 Å². The fourth-order valence-corrected chi connectivity index (χ4v) is 2.51. The number of likely N-dealkylation sites (N-methyl/N-ethyl adjacent to an activating group) is 1. The minimum atomic E-state index is 0.0120. The number of carbonyl (C=O) groups is 1. The quantitative estimate of drug-likeness (QED) is 0.768. The highest BCUT2D eigenvalue weighted by molar-refractivity contribution is 9.10. The lowest BCUT2D eigenvalue weighted by molar-refractivity contribution is 0.0796. The second kappa shape index (κ2) is 8.02. The lowest BCUT2D eigenvalue weighted by Gasteiger charge is -2.18. The van der Waals surface area contributed by atoms with Crippen molar-refractivity contribution in [3.05, 3.63) is 58.1 Å². The lowest BCUT2D eigenvalue weighted by Crippen LogP contribution is -2.28. The van der Waals surface area contributed by atoms with E-state index in [0.717, 1.165) is 16.5 Å². The first-order valence-corrected chi connectivity index (χ1v) is 8.06. The van der Waals surface area contributed by atoms with Gasteiger partial charge in [-0.25, -0.2) is 0 Å². The zero-order valence-corrected chi connectivity index (χ0v) is 15.1. The van der Waals surface area contributed by atoms with Gasteiger partial charge >= 0.3 is 0 Å². The zero-order chi connectivity index (χ0) is 16.8. The molecule has 0 saturated carbocycles. The van der Waals surface area contributed by atoms with Gasteiger partial charge in [-0.2, -0.15) is 0 Å². The number of ether oxygens (including phenoxy) is 2. The molecule has 5 heteroatoms. The average molecular weight is 378 g/mol. The maximum atomic E-state index is 12.4. The largest absolute Gasteiger partial charge is 0.493 e. The SMILES string of the molecule is COc1ccc(CCN(C)C(=O)c2ccc(Br)cc2)cc1OC. The third kappa shape index (κ3) is 4.48. The molecule has 0 aliphatic carbocycles. The van der Waals surface area contributed by atoms with Crippen molar-refractivity contribution in [1.82, 2.24) is 4.90 Å². The summed E-state index contributed by atoms with van der Waals surface area (Å²) in [6.45, 7) is 0.629. The van der Waals surface area contributed by atoms with E-state index >= 15 is 0 Å². The van der Waals surface area contributed by atoms with Crippen LogP contribution < -0.4 is 9.47 Å². The molecule has 0 bridgehead atoms. The number of carbonyl (C=O) groups excluding carboxylic acids is 1. The first kappa shape index (κ1) is 17.3. The molecule has 2 aromatic carbocycles. The number of benzene rings is 2. The van der Waals surface area contributed by atoms with Crippen molar-refractivity contribution in [3.8, 4) is 11.5 Å². The van der Waals surface area contributed by atoms with Crippen LogP contribution in [0.2, 0.25) is 0 Å². The summed E-state index contributed by atoms with van der Waals surface area (Å²) in [5.74, 6) is 1.42. The van der Waals surface area contributed by atoms with Gasteiger partial charge in [0.25, 0.3) is 5.91 Å². The Labute approximate surface area is 145 Å². The number of halogens is 1. The molecule has 0 atom stereocenters. The zero-order valence-electron chi connectivity index (χ0n) is 13.5. The number of methoxy groups -OCH3 is 2. The van der Waals surface area contributed by atoms with E-state index in [1.807, 2.05) is 49.5 Å². The summed E-state index contributed by atoms with van der Waals surface area (Å²) in [6.07, 6.45) is 0.749. The topological polar surface area (TPSA) is 38.8 Å². The first-order chi connectivity index (χ1) is 11.0. The Morgan fingerprint density at radius 2 is 1.70 bits per heavy atom. The van der Waals surface area contributed by atoms with Crippen molar-refractivity contribution in [2.75, 3.05) is 27.8 Å². The summed E-state index contributed by atoms with van der Waals surface area (Å²) in [5, 5.41) is 0. The van der Waals surface area contributed by atoms with Crippen LogP contribution >= 0.6 is 15.9 Å². The maximum Gasteiger partial charge on any atom is 0.253 e. The van der Waals surface area contributed by atoms with Crippen molar-refractivity contribution < 1.29 is 14.3 Å². The van der Waals surface area contributed by atoms with E-state index in [9.17, 15) is 4.79 Å². The van der Waals surface area contributed by atoms with E-state index in [-0.39, 0.29) is 5.91 Å². The lowest BCUT2D eigenvalue weighted by atomic mass is 10.1. The Kier molecular flexibility index (Phi) is 6.04. The number of hydrogen-bond donors (Lipinski definition) is 0. The predicted octanol–water partition coefficient (Wildman–Crippen LogP) is 3.78. The Bertz CT molecular complexity index is 670. The van der Waals surface area contributed by atoms with Crippen LogP contribution in [0.3, 0.4) is 0 Å². The summed E-state index contributed by atoms with van der Waals surface area (Å²) in [7, 11) is 5.04. The molecular formula is C18H20BrNO3. The maximum absolute atomic E-state index is 12.4. The van der Waals surface area contributed by atoms with Crippen LogP contribution in [0.15, 0.2) is 46.9 Å². The van der Waals surface area contributed by atoms with E-state index in [4.69, 9.17) is 9.47 Å². The molecule has 0 unspecified atom stereocenters. The van der Waals surface area contributed by atoms with Crippen LogP contribution in [0.25, 0.3) is 0 Å². The van der Waals surface area contributed by atoms with Gasteiger partial charge in [0.15, 0.2) is 11.5 Å². The Morgan fingerprint density at radius 3 is 2.30 bits per heavy atom. The van der Waals surface area contributed by atoms with Crippen molar-refractivity contribution in [3.63, 3.8) is 0 Å². The summed E-state index contributed by atoms with van der Waals surface area (Å²) >= 11 is 3.37. The molecule has 0 aliphatic heterocycles. The summed E-state index contributed by atoms with van der Waals surface area (Å²) in [5.41, 5.74) is 1.78. The van der Waals surface area contributed by atoms with Crippen LogP contribution in [-0.2, 0) is 6.42 Å². The number of nitrogens with zero attached hydrogens (tertiary/aromatic N) is 1. The van der Waals surface area contributed by atoms with Crippen LogP contribution in [-0.4, -0.2) is 38.6 Å². The Hall–Kier alpha value is -2.01. The number of amides is 1. The van der Waals surface area contributed by atoms with Crippen molar-refractivity contribution in [2.24, 2.45) is 0 Å². The molecule has 2 aromatic rings. The molecule has 1 amide bonds. The van der Waals surface area contributed by atoms with Crippen LogP contribution in [0.1, 0.15) is 15.9 Å². The smallest absolute Gasteiger partial charge is 0.253 e. The molecule has 122 valence electrons. The normalized spacial score (nSPS) is 10.3. The number of rotatable bonds is 6. The number of hydrogen-bond acceptors (Lipinski definition) is 3. The summed E-state index contributed by atoms with van der Waals surface area (Å²) in [4.78, 5) is 14.1. The van der Waals surface area contributed by atoms with Crippen LogP contribution in [0.4, 0.5) is 0 Å². The molecule has 0 spiro atoms. The molecule has 2 rings (SSSR count). The van der Waals surface area contributed by atoms with Crippen LogP contribution in [0, 0.1) is 0 Å². The van der Waals surface area contributed by atoms with Gasteiger partial charge in [-0.15, -0.1) is 0 Å². The van der Waals surface area contributed by atoms with Crippen molar-refractivity contribution >= 4 is 21.8 Å². The minimum Gasteiger partial charge on any atom is -0.493 e. The molecule has 23 heavy (non-hydrogen) atoms. The first-order valence-electron chi connectivity index (χ1n) is 7.27. The summed E-state index contributed by atoms with van der Waals surface area (Å²) in [6, 6.07) is 13.2. The molecule has 0 heterocycles. The summed E-state index contributed by atoms with van der Waals surface area (Å²) < 4.78 is 11.5. The second-order valence-electron chi connectivity index (χ2n) is 5.17. The van der Waals surface area contributed by atoms with Gasteiger partial charge in [-0.05, 0) is 48.4 Å². The monoisotopic (exact) mass is 377 g/mol. The van der Waals surface area contributed by atoms with Gasteiger partial charge in [0, 0.05) is 23.6 Å². The average Bonchev–Trinajstić information content (AvgIpc) is 2.59. The predicted molar refractivity (Wildman–Crippen MR) is 94.4 cm³/mol. The highest BCUT2D eigenvalue weighted by atomic mass is 79.9. The Balaban J connectivity index is 1.99. The van der Waals surface area contributed by atoms with Crippen LogP contribution in [0.5, 0.6) is 11.5 Å². The fraction of sp³-hybridized carbons (Fsp3) is 0.278. The molecule has 4 nitrogen and oxygen atoms in total. The van der Waals surface area contributed by atoms with Gasteiger partial charge in [0.1, 0.15) is 0 Å². The van der Waals surface area contributed by atoms with Gasteiger partial charge in [-0.3, -0.25) is 4.79 Å². The molecule has 0 aromatic heterocycles. The molecule has 0 radical (unpaired) electrons. The van der Waals surface area contributed by atoms with E-state index in [2.05, 4.69) is 15.9 Å². The van der Waals surface area contributed by atoms with Crippen molar-refractivity contribution in [2.45, 2.75) is 6.42 Å². The standard InChI is InChI=1S/C18H20BrNO3/c1-20(18(21)14-5-7-15(19)8-6-14)11-10-13-4-9-16(22-2)17(12-13)23-3/h4-9,12H,10-11H2,1-3H3. The molecular weight excluding hydrogens is 358 g/mol. The molecule has 0 aliphatic rings. The van der Waals surface area contributed by atoms with E-state index < -0.39 is 0 Å². The minimum absolute atomic E-state index is 0.0120. The van der Waals surface area contributed by atoms with Gasteiger partial charge in [0.05, 0.1) is 14.2 Å². The third-order valence-electron chi connectivity index (χ3n) is 3.62. The third-order valence-corrected chi connectivity index (χ3v) is 4.15. The fourth-order valence-electron chi connectivity index (χ4n) is 2.25. The van der Waals surface area contributed by atoms with Crippen molar-refractivity contribution in [1.29, 1.82) is 0 Å². The second-order valence-corrected chi connectivity index (χ2v) is 6.09. The molecule has 0 fully saturated rings. The highest BCUT2D eigenvalue weighted by Crippen LogP contribution is 2.27. The van der Waals surface area contributed by atoms with Gasteiger partial charge in [-0.1, -0.05) is 22.0 Å². The molecule has 0 saturated heterocycles. The van der Waals surface area contributed by atoms with E-state index in [1.54, 1.807) is 19.1 Å².